The molecule has 0 unspecified atom stereocenters. The Kier molecular flexibility index (Phi) is 3.19. The van der Waals surface area contributed by atoms with Gasteiger partial charge in [-0.1, -0.05) is 12.1 Å². The van der Waals surface area contributed by atoms with Crippen molar-refractivity contribution in [1.29, 1.82) is 0 Å². The fourth-order valence-corrected chi connectivity index (χ4v) is 4.39. The number of aryl methyl sites for hydroxylation is 1. The van der Waals surface area contributed by atoms with E-state index in [1.54, 1.807) is 13.1 Å². The van der Waals surface area contributed by atoms with Crippen LogP contribution in [0, 0.1) is 6.92 Å². The number of nitrogens with one attached hydrogen (secondary N) is 1. The lowest BCUT2D eigenvalue weighted by Crippen LogP contribution is -2.37. The van der Waals surface area contributed by atoms with Gasteiger partial charge in [0.25, 0.3) is 15.9 Å². The SMILES string of the molecule is [2H]C([2H])([2H])OC1=C(C(=O)Nc2ncc(C)s2)N(C)S(=O)(=O)c2ccccc21. The minimum Gasteiger partial charge on any atom is -0.494 e. The van der Waals surface area contributed by atoms with Gasteiger partial charge in [0.15, 0.2) is 16.6 Å². The zero-order chi connectivity index (χ0) is 20.0. The number of amides is 1. The average molecular weight is 368 g/mol. The first-order valence-electron chi connectivity index (χ1n) is 8.26. The first-order chi connectivity index (χ1) is 12.5. The van der Waals surface area contributed by atoms with Crippen molar-refractivity contribution in [2.75, 3.05) is 19.4 Å². The molecule has 1 aromatic heterocycles. The van der Waals surface area contributed by atoms with Crippen molar-refractivity contribution >= 4 is 38.2 Å². The molecule has 0 fully saturated rings. The predicted molar refractivity (Wildman–Crippen MR) is 90.8 cm³/mol. The van der Waals surface area contributed by atoms with E-state index in [0.29, 0.717) is 4.31 Å². The molecule has 0 radical (unpaired) electrons. The number of benzene rings is 1. The monoisotopic (exact) mass is 368 g/mol. The lowest BCUT2D eigenvalue weighted by atomic mass is 10.1. The van der Waals surface area contributed by atoms with Gasteiger partial charge in [-0.25, -0.2) is 13.4 Å². The summed E-state index contributed by atoms with van der Waals surface area (Å²) in [6.07, 6.45) is 1.55. The zero-order valence-corrected chi connectivity index (χ0v) is 14.4. The topological polar surface area (TPSA) is 88.6 Å². The van der Waals surface area contributed by atoms with Crippen LogP contribution < -0.4 is 5.32 Å². The highest BCUT2D eigenvalue weighted by Gasteiger charge is 2.38. The van der Waals surface area contributed by atoms with Crippen molar-refractivity contribution in [3.63, 3.8) is 0 Å². The van der Waals surface area contributed by atoms with Gasteiger partial charge in [-0.15, -0.1) is 11.3 Å². The van der Waals surface area contributed by atoms with E-state index in [4.69, 9.17) is 8.85 Å². The van der Waals surface area contributed by atoms with Gasteiger partial charge in [0.05, 0.1) is 16.0 Å². The number of hydrogen-bond donors (Lipinski definition) is 1. The highest BCUT2D eigenvalue weighted by atomic mass is 32.2. The van der Waals surface area contributed by atoms with Crippen LogP contribution >= 0.6 is 11.3 Å². The molecule has 0 spiro atoms. The molecule has 3 rings (SSSR count). The number of hydrogen-bond acceptors (Lipinski definition) is 6. The molecular weight excluding hydrogens is 350 g/mol. The number of carbonyl (C=O) groups excluding carboxylic acids is 1. The maximum Gasteiger partial charge on any atom is 0.278 e. The van der Waals surface area contributed by atoms with E-state index in [-0.39, 0.29) is 21.3 Å². The van der Waals surface area contributed by atoms with Crippen molar-refractivity contribution in [3.05, 3.63) is 46.6 Å². The molecule has 0 bridgehead atoms. The fraction of sp³-hybridized carbons (Fsp3) is 0.200. The number of methoxy groups -OCH3 is 1. The lowest BCUT2D eigenvalue weighted by molar-refractivity contribution is -0.113. The van der Waals surface area contributed by atoms with Crippen LogP contribution in [0.15, 0.2) is 41.1 Å². The second-order valence-corrected chi connectivity index (χ2v) is 8.15. The molecule has 1 aliphatic heterocycles. The van der Waals surface area contributed by atoms with E-state index in [9.17, 15) is 13.2 Å². The number of sulfonamides is 1. The largest absolute Gasteiger partial charge is 0.494 e. The van der Waals surface area contributed by atoms with E-state index >= 15 is 0 Å². The molecule has 0 aliphatic carbocycles. The number of fused-ring (bicyclic) bond motifs is 1. The van der Waals surface area contributed by atoms with Crippen LogP contribution in [0.5, 0.6) is 0 Å². The van der Waals surface area contributed by atoms with Crippen LogP contribution in [0.25, 0.3) is 5.76 Å². The average Bonchev–Trinajstić information content (AvgIpc) is 2.96. The number of thiazole rings is 1. The quantitative estimate of drug-likeness (QED) is 0.896. The smallest absolute Gasteiger partial charge is 0.278 e. The Labute approximate surface area is 147 Å². The molecule has 1 aliphatic rings. The Hall–Kier alpha value is -2.39. The Morgan fingerprint density at radius 1 is 1.42 bits per heavy atom. The third kappa shape index (κ3) is 2.55. The molecule has 1 N–H and O–H groups in total. The molecule has 1 amide bonds. The molecule has 126 valence electrons. The summed E-state index contributed by atoms with van der Waals surface area (Å²) in [6.45, 7) is 1.79. The molecule has 0 atom stereocenters. The maximum absolute atomic E-state index is 12.8. The van der Waals surface area contributed by atoms with Gasteiger partial charge >= 0.3 is 0 Å². The highest BCUT2D eigenvalue weighted by Crippen LogP contribution is 2.36. The summed E-state index contributed by atoms with van der Waals surface area (Å²) in [7, 11) is -5.77. The van der Waals surface area contributed by atoms with Crippen molar-refractivity contribution in [2.45, 2.75) is 11.8 Å². The van der Waals surface area contributed by atoms with Gasteiger partial charge in [-0.3, -0.25) is 14.4 Å². The summed E-state index contributed by atoms with van der Waals surface area (Å²) in [5.41, 5.74) is -0.426. The molecule has 24 heavy (non-hydrogen) atoms. The number of anilines is 1. The second-order valence-electron chi connectivity index (χ2n) is 4.98. The predicted octanol–water partition coefficient (Wildman–Crippen LogP) is 2.04. The number of ether oxygens (including phenoxy) is 1. The number of nitrogens with zero attached hydrogens (tertiary/aromatic N) is 2. The van der Waals surface area contributed by atoms with Crippen LogP contribution in [-0.2, 0) is 19.6 Å². The van der Waals surface area contributed by atoms with E-state index in [0.717, 1.165) is 11.9 Å². The Morgan fingerprint density at radius 3 is 2.83 bits per heavy atom. The fourth-order valence-electron chi connectivity index (χ4n) is 2.34. The Morgan fingerprint density at radius 2 is 2.17 bits per heavy atom. The summed E-state index contributed by atoms with van der Waals surface area (Å²) in [4.78, 5) is 17.5. The second kappa shape index (κ2) is 5.91. The number of aromatic nitrogens is 1. The van der Waals surface area contributed by atoms with Gasteiger partial charge in [0.1, 0.15) is 0 Å². The summed E-state index contributed by atoms with van der Waals surface area (Å²) in [6, 6.07) is 5.74. The summed E-state index contributed by atoms with van der Waals surface area (Å²) in [5, 5.41) is 2.74. The summed E-state index contributed by atoms with van der Waals surface area (Å²) >= 11 is 1.20. The summed E-state index contributed by atoms with van der Waals surface area (Å²) < 4.78 is 53.5. The normalized spacial score (nSPS) is 18.2. The maximum atomic E-state index is 12.8. The van der Waals surface area contributed by atoms with Crippen molar-refractivity contribution < 1.29 is 22.1 Å². The highest BCUT2D eigenvalue weighted by molar-refractivity contribution is 7.89. The van der Waals surface area contributed by atoms with Gasteiger partial charge in [0.2, 0.25) is 0 Å². The molecular formula is C15H15N3O4S2. The van der Waals surface area contributed by atoms with Crippen molar-refractivity contribution in [1.82, 2.24) is 9.29 Å². The van der Waals surface area contributed by atoms with E-state index < -0.39 is 28.7 Å². The van der Waals surface area contributed by atoms with Crippen molar-refractivity contribution in [2.24, 2.45) is 0 Å². The molecule has 1 aromatic carbocycles. The van der Waals surface area contributed by atoms with Crippen molar-refractivity contribution in [3.8, 4) is 0 Å². The number of rotatable bonds is 3. The zero-order valence-electron chi connectivity index (χ0n) is 15.7. The van der Waals surface area contributed by atoms with Crippen LogP contribution in [0.4, 0.5) is 5.13 Å². The van der Waals surface area contributed by atoms with E-state index in [1.807, 2.05) is 0 Å². The lowest BCUT2D eigenvalue weighted by Gasteiger charge is -2.29. The third-order valence-electron chi connectivity index (χ3n) is 3.46. The standard InChI is InChI=1S/C15H15N3O4S2/c1-9-8-16-15(23-9)17-14(19)12-13(22-3)10-6-4-5-7-11(10)24(20,21)18(12)2/h4-8H,1-3H3,(H,16,17,19)/i3D3. The third-order valence-corrected chi connectivity index (χ3v) is 6.10. The van der Waals surface area contributed by atoms with Crippen LogP contribution in [0.2, 0.25) is 0 Å². The molecule has 0 saturated carbocycles. The Bertz CT molecular complexity index is 1040. The van der Waals surface area contributed by atoms with E-state index in [2.05, 4.69) is 10.3 Å². The molecule has 2 aromatic rings. The molecule has 7 nitrogen and oxygen atoms in total. The summed E-state index contributed by atoms with van der Waals surface area (Å²) in [5.74, 6) is -1.18. The first-order valence-corrected chi connectivity index (χ1v) is 9.02. The van der Waals surface area contributed by atoms with Crippen LogP contribution in [-0.4, -0.2) is 37.7 Å². The minimum absolute atomic E-state index is 0.00666. The van der Waals surface area contributed by atoms with E-state index in [1.165, 1.54) is 35.6 Å². The van der Waals surface area contributed by atoms with Gasteiger partial charge in [-0.2, -0.15) is 0 Å². The Balaban J connectivity index is 2.18. The van der Waals surface area contributed by atoms with Gasteiger partial charge in [-0.05, 0) is 19.1 Å². The minimum atomic E-state index is -4.06. The number of likely N-dealkylation sites (N-methyl/N-ethyl adjacent to an activating group) is 1. The van der Waals surface area contributed by atoms with Gasteiger partial charge < -0.3 is 4.74 Å². The molecule has 2 heterocycles. The van der Waals surface area contributed by atoms with Crippen LogP contribution in [0.1, 0.15) is 14.6 Å². The number of carbonyl (C=O) groups is 1. The van der Waals surface area contributed by atoms with Crippen LogP contribution in [0.3, 0.4) is 0 Å². The molecule has 0 saturated heterocycles. The first kappa shape index (κ1) is 13.0. The van der Waals surface area contributed by atoms with Gasteiger partial charge in [0, 0.05) is 23.7 Å². The molecule has 9 heteroatoms.